The third-order valence-electron chi connectivity index (χ3n) is 8.34. The summed E-state index contributed by atoms with van der Waals surface area (Å²) in [5.41, 5.74) is 4.58. The van der Waals surface area contributed by atoms with Gasteiger partial charge in [0.25, 0.3) is 0 Å². The molecule has 7 heteroatoms. The Morgan fingerprint density at radius 3 is 2.49 bits per heavy atom. The quantitative estimate of drug-likeness (QED) is 0.255. The molecule has 2 fully saturated rings. The van der Waals surface area contributed by atoms with Gasteiger partial charge in [-0.3, -0.25) is 0 Å². The van der Waals surface area contributed by atoms with Crippen LogP contribution in [-0.4, -0.2) is 34.3 Å². The third-order valence-corrected chi connectivity index (χ3v) is 8.59. The maximum Gasteiger partial charge on any atom is 0.247 e. The van der Waals surface area contributed by atoms with E-state index in [2.05, 4.69) is 73.9 Å². The van der Waals surface area contributed by atoms with Gasteiger partial charge in [-0.05, 0) is 104 Å². The average molecular weight is 542 g/mol. The Hall–Kier alpha value is -3.38. The summed E-state index contributed by atoms with van der Waals surface area (Å²) in [6.07, 6.45) is 10.8. The van der Waals surface area contributed by atoms with Crippen LogP contribution in [0.1, 0.15) is 50.8 Å². The van der Waals surface area contributed by atoms with Crippen molar-refractivity contribution in [2.24, 2.45) is 11.8 Å². The molecule has 39 heavy (non-hydrogen) atoms. The van der Waals surface area contributed by atoms with Gasteiger partial charge in [0.2, 0.25) is 11.8 Å². The number of nitrogens with zero attached hydrogens (tertiary/aromatic N) is 4. The van der Waals surface area contributed by atoms with Crippen molar-refractivity contribution in [1.29, 1.82) is 0 Å². The summed E-state index contributed by atoms with van der Waals surface area (Å²) < 4.78 is 5.59. The van der Waals surface area contributed by atoms with Crippen molar-refractivity contribution in [3.05, 3.63) is 77.8 Å². The van der Waals surface area contributed by atoms with Crippen molar-refractivity contribution in [2.75, 3.05) is 23.3 Å². The molecule has 1 N–H and O–H groups in total. The Kier molecular flexibility index (Phi) is 7.82. The second kappa shape index (κ2) is 11.8. The van der Waals surface area contributed by atoms with Crippen LogP contribution in [0.15, 0.2) is 71.3 Å². The number of aromatic nitrogens is 3. The van der Waals surface area contributed by atoms with Crippen LogP contribution in [0.5, 0.6) is 0 Å². The average Bonchev–Trinajstić information content (AvgIpc) is 3.41. The summed E-state index contributed by atoms with van der Waals surface area (Å²) in [6, 6.07) is 21.3. The summed E-state index contributed by atoms with van der Waals surface area (Å²) in [4.78, 5) is 7.23. The van der Waals surface area contributed by atoms with Crippen LogP contribution in [-0.2, 0) is 0 Å². The van der Waals surface area contributed by atoms with Gasteiger partial charge < -0.3 is 14.6 Å². The Bertz CT molecular complexity index is 1370. The molecule has 4 aromatic rings. The van der Waals surface area contributed by atoms with Crippen molar-refractivity contribution < 1.29 is 4.42 Å². The lowest BCUT2D eigenvalue weighted by atomic mass is 9.77. The molecule has 0 radical (unpaired) electrons. The van der Waals surface area contributed by atoms with Crippen LogP contribution in [0.3, 0.4) is 0 Å². The van der Waals surface area contributed by atoms with Gasteiger partial charge in [-0.2, -0.15) is 0 Å². The Balaban J connectivity index is 1.10. The zero-order chi connectivity index (χ0) is 26.6. The van der Waals surface area contributed by atoms with Gasteiger partial charge in [-0.25, -0.2) is 4.98 Å². The summed E-state index contributed by atoms with van der Waals surface area (Å²) in [5, 5.41) is 12.7. The number of nitrogens with one attached hydrogen (secondary N) is 1. The van der Waals surface area contributed by atoms with E-state index in [-0.39, 0.29) is 0 Å². The van der Waals surface area contributed by atoms with Crippen molar-refractivity contribution in [3.63, 3.8) is 0 Å². The number of pyridine rings is 1. The van der Waals surface area contributed by atoms with E-state index in [1.54, 1.807) is 0 Å². The zero-order valence-electron chi connectivity index (χ0n) is 22.5. The first-order chi connectivity index (χ1) is 19.1. The molecule has 1 saturated heterocycles. The van der Waals surface area contributed by atoms with Crippen LogP contribution >= 0.6 is 11.6 Å². The monoisotopic (exact) mass is 541 g/mol. The molecule has 0 bridgehead atoms. The Morgan fingerprint density at radius 1 is 0.897 bits per heavy atom. The molecule has 0 spiro atoms. The standard InChI is InChI=1S/C32H36ClN5O/c1-22-36-37-32(39-22)25-10-14-29(15-11-25)38-18-4-5-23(21-38)19-27-6-2-3-7-30(27)35-31-20-26(16-17-34-31)24-8-12-28(33)13-9-24/h8-17,20,23,27,30H,2-7,18-19,21H2,1H3,(H,34,35)/t23?,27-,30+/m0/s1. The van der Waals surface area contributed by atoms with Crippen molar-refractivity contribution in [2.45, 2.75) is 57.9 Å². The highest BCUT2D eigenvalue weighted by atomic mass is 35.5. The third kappa shape index (κ3) is 6.27. The SMILES string of the molecule is Cc1nnc(-c2ccc(N3CCCC(C[C@@H]4CCCC[C@H]4Nc4cc(-c5ccc(Cl)cc5)ccn4)C3)cc2)o1. The number of benzene rings is 2. The lowest BCUT2D eigenvalue weighted by Crippen LogP contribution is -2.39. The van der Waals surface area contributed by atoms with Crippen molar-refractivity contribution in [1.82, 2.24) is 15.2 Å². The molecule has 1 aliphatic heterocycles. The highest BCUT2D eigenvalue weighted by Crippen LogP contribution is 2.36. The number of piperidine rings is 1. The van der Waals surface area contributed by atoms with Gasteiger partial charge in [0.15, 0.2) is 0 Å². The Labute approximate surface area is 235 Å². The van der Waals surface area contributed by atoms with E-state index in [0.29, 0.717) is 29.7 Å². The number of hydrogen-bond acceptors (Lipinski definition) is 6. The van der Waals surface area contributed by atoms with Crippen LogP contribution < -0.4 is 10.2 Å². The summed E-state index contributed by atoms with van der Waals surface area (Å²) in [6.45, 7) is 4.05. The molecule has 0 amide bonds. The largest absolute Gasteiger partial charge is 0.421 e. The van der Waals surface area contributed by atoms with Crippen molar-refractivity contribution in [3.8, 4) is 22.6 Å². The van der Waals surface area contributed by atoms with Gasteiger partial charge in [0.05, 0.1) is 0 Å². The topological polar surface area (TPSA) is 67.1 Å². The smallest absolute Gasteiger partial charge is 0.247 e. The first-order valence-corrected chi connectivity index (χ1v) is 14.6. The fraction of sp³-hybridized carbons (Fsp3) is 0.406. The first kappa shape index (κ1) is 25.9. The molecule has 1 aliphatic carbocycles. The summed E-state index contributed by atoms with van der Waals surface area (Å²) in [5.74, 6) is 3.53. The molecule has 6 rings (SSSR count). The molecule has 6 nitrogen and oxygen atoms in total. The van der Waals surface area contributed by atoms with Gasteiger partial charge in [0, 0.05) is 48.5 Å². The summed E-state index contributed by atoms with van der Waals surface area (Å²) in [7, 11) is 0. The number of anilines is 2. The molecule has 3 atom stereocenters. The minimum atomic E-state index is 0.472. The first-order valence-electron chi connectivity index (χ1n) is 14.2. The van der Waals surface area contributed by atoms with E-state index >= 15 is 0 Å². The second-order valence-corrected chi connectivity index (χ2v) is 11.5. The predicted octanol–water partition coefficient (Wildman–Crippen LogP) is 8.04. The highest BCUT2D eigenvalue weighted by Gasteiger charge is 2.30. The molecular formula is C32H36ClN5O. The van der Waals surface area contributed by atoms with Crippen molar-refractivity contribution >= 4 is 23.1 Å². The fourth-order valence-corrected chi connectivity index (χ4v) is 6.48. The molecule has 2 aromatic carbocycles. The van der Waals surface area contributed by atoms with E-state index < -0.39 is 0 Å². The lowest BCUT2D eigenvalue weighted by Gasteiger charge is -2.39. The molecule has 3 heterocycles. The van der Waals surface area contributed by atoms with E-state index in [4.69, 9.17) is 16.0 Å². The molecule has 2 aliphatic rings. The van der Waals surface area contributed by atoms with Gasteiger partial charge >= 0.3 is 0 Å². The number of halogens is 1. The summed E-state index contributed by atoms with van der Waals surface area (Å²) >= 11 is 6.09. The maximum absolute atomic E-state index is 6.09. The minimum absolute atomic E-state index is 0.472. The number of aryl methyl sites for hydroxylation is 1. The molecular weight excluding hydrogens is 506 g/mol. The Morgan fingerprint density at radius 2 is 1.69 bits per heavy atom. The number of hydrogen-bond donors (Lipinski definition) is 1. The van der Waals surface area contributed by atoms with E-state index in [1.165, 1.54) is 56.2 Å². The molecule has 202 valence electrons. The molecule has 2 aromatic heterocycles. The minimum Gasteiger partial charge on any atom is -0.421 e. The van der Waals surface area contributed by atoms with Gasteiger partial charge in [-0.15, -0.1) is 10.2 Å². The lowest BCUT2D eigenvalue weighted by molar-refractivity contribution is 0.247. The second-order valence-electron chi connectivity index (χ2n) is 11.1. The van der Waals surface area contributed by atoms with Crippen LogP contribution in [0.25, 0.3) is 22.6 Å². The predicted molar refractivity (Wildman–Crippen MR) is 158 cm³/mol. The normalized spacial score (nSPS) is 21.6. The highest BCUT2D eigenvalue weighted by molar-refractivity contribution is 6.30. The fourth-order valence-electron chi connectivity index (χ4n) is 6.35. The van der Waals surface area contributed by atoms with E-state index in [1.807, 2.05) is 25.3 Å². The zero-order valence-corrected chi connectivity index (χ0v) is 23.3. The van der Waals surface area contributed by atoms with Gasteiger partial charge in [-0.1, -0.05) is 36.6 Å². The van der Waals surface area contributed by atoms with Crippen LogP contribution in [0.2, 0.25) is 5.02 Å². The van der Waals surface area contributed by atoms with Crippen LogP contribution in [0.4, 0.5) is 11.5 Å². The molecule has 1 unspecified atom stereocenters. The van der Waals surface area contributed by atoms with E-state index in [9.17, 15) is 0 Å². The maximum atomic E-state index is 6.09. The molecule has 1 saturated carbocycles. The van der Waals surface area contributed by atoms with Gasteiger partial charge in [0.1, 0.15) is 5.82 Å². The number of rotatable bonds is 7. The van der Waals surface area contributed by atoms with Crippen LogP contribution in [0, 0.1) is 18.8 Å². The van der Waals surface area contributed by atoms with E-state index in [0.717, 1.165) is 35.1 Å².